The molecule has 2 heterocycles. The number of carbonyl (C=O) groups is 2. The van der Waals surface area contributed by atoms with Crippen molar-refractivity contribution in [3.05, 3.63) is 88.9 Å². The summed E-state index contributed by atoms with van der Waals surface area (Å²) in [6.07, 6.45) is 3.87. The van der Waals surface area contributed by atoms with Crippen LogP contribution in [0.25, 0.3) is 6.08 Å². The van der Waals surface area contributed by atoms with Gasteiger partial charge in [-0.25, -0.2) is 14.2 Å². The van der Waals surface area contributed by atoms with Gasteiger partial charge in [-0.15, -0.1) is 0 Å². The van der Waals surface area contributed by atoms with E-state index in [2.05, 4.69) is 4.98 Å². The van der Waals surface area contributed by atoms with Crippen molar-refractivity contribution in [2.45, 2.75) is 20.5 Å². The predicted molar refractivity (Wildman–Crippen MR) is 136 cm³/mol. The van der Waals surface area contributed by atoms with E-state index in [1.54, 1.807) is 41.4 Å². The van der Waals surface area contributed by atoms with Gasteiger partial charge in [-0.05, 0) is 72.5 Å². The van der Waals surface area contributed by atoms with Crippen molar-refractivity contribution in [3.8, 4) is 17.4 Å². The fourth-order valence-electron chi connectivity index (χ4n) is 4.00. The van der Waals surface area contributed by atoms with Crippen molar-refractivity contribution >= 4 is 18.1 Å². The molecular formula is C28H28FN3O5. The van der Waals surface area contributed by atoms with E-state index in [0.717, 1.165) is 22.3 Å². The molecule has 0 saturated carbocycles. The van der Waals surface area contributed by atoms with Crippen molar-refractivity contribution < 1.29 is 28.6 Å². The van der Waals surface area contributed by atoms with Gasteiger partial charge in [0.15, 0.2) is 0 Å². The first-order chi connectivity index (χ1) is 17.8. The summed E-state index contributed by atoms with van der Waals surface area (Å²) in [7, 11) is 0. The standard InChI is InChI=1S/C28H28FN3O5/c1-19-15-22(5-10-26(33)31-11-13-32(14-12-31)28(34)35)16-20(2)27(19)37-25-9-8-24(17-30-25)36-18-21-3-6-23(29)7-4-21/h3-10,15-17H,11-14,18H2,1-2H3,(H,34,35). The Morgan fingerprint density at radius 1 is 1.00 bits per heavy atom. The van der Waals surface area contributed by atoms with Gasteiger partial charge in [-0.3, -0.25) is 4.79 Å². The number of halogens is 1. The van der Waals surface area contributed by atoms with E-state index < -0.39 is 6.09 Å². The Labute approximate surface area is 214 Å². The number of piperazine rings is 1. The number of amides is 2. The van der Waals surface area contributed by atoms with Crippen LogP contribution in [-0.2, 0) is 11.4 Å². The molecule has 0 atom stereocenters. The fourth-order valence-corrected chi connectivity index (χ4v) is 4.00. The fraction of sp³-hybridized carbons (Fsp3) is 0.250. The van der Waals surface area contributed by atoms with Gasteiger partial charge in [0.2, 0.25) is 11.8 Å². The summed E-state index contributed by atoms with van der Waals surface area (Å²) in [6, 6.07) is 13.4. The van der Waals surface area contributed by atoms with Crippen LogP contribution in [0.4, 0.5) is 9.18 Å². The highest BCUT2D eigenvalue weighted by molar-refractivity contribution is 5.92. The monoisotopic (exact) mass is 505 g/mol. The highest BCUT2D eigenvalue weighted by atomic mass is 19.1. The molecule has 1 fully saturated rings. The maximum Gasteiger partial charge on any atom is 0.407 e. The predicted octanol–water partition coefficient (Wildman–Crippen LogP) is 5.04. The van der Waals surface area contributed by atoms with Crippen molar-refractivity contribution in [2.75, 3.05) is 26.2 Å². The molecule has 2 amide bonds. The summed E-state index contributed by atoms with van der Waals surface area (Å²) in [4.78, 5) is 30.8. The number of pyridine rings is 1. The smallest absolute Gasteiger partial charge is 0.407 e. The van der Waals surface area contributed by atoms with E-state index in [-0.39, 0.29) is 11.7 Å². The first-order valence-corrected chi connectivity index (χ1v) is 11.9. The zero-order chi connectivity index (χ0) is 26.4. The number of rotatable bonds is 7. The second-order valence-corrected chi connectivity index (χ2v) is 8.76. The number of hydrogen-bond acceptors (Lipinski definition) is 5. The minimum absolute atomic E-state index is 0.147. The minimum atomic E-state index is -0.961. The summed E-state index contributed by atoms with van der Waals surface area (Å²) in [5, 5.41) is 9.04. The number of carbonyl (C=O) groups excluding carboxylic acids is 1. The molecule has 192 valence electrons. The van der Waals surface area contributed by atoms with Crippen LogP contribution >= 0.6 is 0 Å². The van der Waals surface area contributed by atoms with E-state index in [1.165, 1.54) is 23.1 Å². The molecule has 1 saturated heterocycles. The topological polar surface area (TPSA) is 92.2 Å². The van der Waals surface area contributed by atoms with E-state index in [9.17, 15) is 14.0 Å². The van der Waals surface area contributed by atoms with Gasteiger partial charge in [-0.1, -0.05) is 12.1 Å². The number of ether oxygens (including phenoxy) is 2. The number of aryl methyl sites for hydroxylation is 2. The van der Waals surface area contributed by atoms with E-state index in [4.69, 9.17) is 14.6 Å². The van der Waals surface area contributed by atoms with Gasteiger partial charge in [-0.2, -0.15) is 0 Å². The first-order valence-electron chi connectivity index (χ1n) is 11.9. The molecule has 3 aromatic rings. The van der Waals surface area contributed by atoms with Crippen LogP contribution in [0.3, 0.4) is 0 Å². The third kappa shape index (κ3) is 6.84. The van der Waals surface area contributed by atoms with Gasteiger partial charge in [0.1, 0.15) is 23.9 Å². The SMILES string of the molecule is Cc1cc(C=CC(=O)N2CCN(C(=O)O)CC2)cc(C)c1Oc1ccc(OCc2ccc(F)cc2)cn1. The van der Waals surface area contributed by atoms with Gasteiger partial charge < -0.3 is 24.4 Å². The maximum atomic E-state index is 13.0. The Balaban J connectivity index is 1.34. The number of aromatic nitrogens is 1. The number of carboxylic acid groups (broad SMARTS) is 1. The van der Waals surface area contributed by atoms with Crippen LogP contribution in [0.1, 0.15) is 22.3 Å². The zero-order valence-electron chi connectivity index (χ0n) is 20.7. The van der Waals surface area contributed by atoms with Crippen LogP contribution in [0.2, 0.25) is 0 Å². The summed E-state index contributed by atoms with van der Waals surface area (Å²) >= 11 is 0. The average Bonchev–Trinajstić information content (AvgIpc) is 2.90. The normalized spacial score (nSPS) is 13.6. The molecule has 4 rings (SSSR count). The van der Waals surface area contributed by atoms with Gasteiger partial charge in [0.25, 0.3) is 0 Å². The second kappa shape index (κ2) is 11.6. The van der Waals surface area contributed by atoms with Crippen molar-refractivity contribution in [2.24, 2.45) is 0 Å². The maximum absolute atomic E-state index is 13.0. The van der Waals surface area contributed by atoms with Crippen LogP contribution < -0.4 is 9.47 Å². The summed E-state index contributed by atoms with van der Waals surface area (Å²) < 4.78 is 24.7. The van der Waals surface area contributed by atoms with E-state index in [1.807, 2.05) is 26.0 Å². The van der Waals surface area contributed by atoms with Crippen LogP contribution in [-0.4, -0.2) is 58.1 Å². The molecule has 1 aliphatic rings. The molecule has 2 aromatic carbocycles. The van der Waals surface area contributed by atoms with Crippen LogP contribution in [0.5, 0.6) is 17.4 Å². The highest BCUT2D eigenvalue weighted by Gasteiger charge is 2.22. The molecule has 0 unspecified atom stereocenters. The Morgan fingerprint density at radius 3 is 2.24 bits per heavy atom. The lowest BCUT2D eigenvalue weighted by Gasteiger charge is -2.32. The minimum Gasteiger partial charge on any atom is -0.487 e. The third-order valence-electron chi connectivity index (χ3n) is 6.00. The Kier molecular flexibility index (Phi) is 8.02. The van der Waals surface area contributed by atoms with Crippen LogP contribution in [0.15, 0.2) is 60.8 Å². The Bertz CT molecular complexity index is 1260. The number of hydrogen-bond donors (Lipinski definition) is 1. The molecule has 0 aliphatic carbocycles. The Hall–Kier alpha value is -4.40. The molecule has 1 aliphatic heterocycles. The third-order valence-corrected chi connectivity index (χ3v) is 6.00. The molecule has 0 bridgehead atoms. The molecule has 37 heavy (non-hydrogen) atoms. The molecule has 1 aromatic heterocycles. The molecule has 1 N–H and O–H groups in total. The number of benzene rings is 2. The van der Waals surface area contributed by atoms with Crippen molar-refractivity contribution in [3.63, 3.8) is 0 Å². The quantitative estimate of drug-likeness (QED) is 0.452. The van der Waals surface area contributed by atoms with E-state index in [0.29, 0.717) is 50.2 Å². The molecule has 0 radical (unpaired) electrons. The van der Waals surface area contributed by atoms with Crippen molar-refractivity contribution in [1.82, 2.24) is 14.8 Å². The Morgan fingerprint density at radius 2 is 1.65 bits per heavy atom. The molecule has 8 nitrogen and oxygen atoms in total. The largest absolute Gasteiger partial charge is 0.487 e. The second-order valence-electron chi connectivity index (χ2n) is 8.76. The first kappa shape index (κ1) is 25.7. The highest BCUT2D eigenvalue weighted by Crippen LogP contribution is 2.30. The molecule has 9 heteroatoms. The van der Waals surface area contributed by atoms with Gasteiger partial charge in [0, 0.05) is 38.3 Å². The zero-order valence-corrected chi connectivity index (χ0v) is 20.7. The summed E-state index contributed by atoms with van der Waals surface area (Å²) in [5.41, 5.74) is 3.49. The van der Waals surface area contributed by atoms with Gasteiger partial charge >= 0.3 is 6.09 Å². The van der Waals surface area contributed by atoms with Crippen molar-refractivity contribution in [1.29, 1.82) is 0 Å². The lowest BCUT2D eigenvalue weighted by atomic mass is 10.1. The molecular weight excluding hydrogens is 477 g/mol. The number of nitrogens with zero attached hydrogens (tertiary/aromatic N) is 3. The average molecular weight is 506 g/mol. The summed E-state index contributed by atoms with van der Waals surface area (Å²) in [6.45, 7) is 5.53. The lowest BCUT2D eigenvalue weighted by Crippen LogP contribution is -2.49. The van der Waals surface area contributed by atoms with Crippen LogP contribution in [0, 0.1) is 19.7 Å². The molecule has 0 spiro atoms. The summed E-state index contributed by atoms with van der Waals surface area (Å²) in [5.74, 6) is 1.23. The van der Waals surface area contributed by atoms with E-state index >= 15 is 0 Å². The lowest BCUT2D eigenvalue weighted by molar-refractivity contribution is -0.127. The van der Waals surface area contributed by atoms with Gasteiger partial charge in [0.05, 0.1) is 6.20 Å².